The highest BCUT2D eigenvalue weighted by Crippen LogP contribution is 2.40. The van der Waals surface area contributed by atoms with Crippen molar-refractivity contribution in [2.24, 2.45) is 0 Å². The molecule has 1 saturated heterocycles. The van der Waals surface area contributed by atoms with E-state index in [1.807, 2.05) is 52.8 Å². The molecule has 0 aliphatic carbocycles. The van der Waals surface area contributed by atoms with Crippen molar-refractivity contribution < 1.29 is 27.6 Å². The largest absolute Gasteiger partial charge is 0.494 e. The molecule has 1 aromatic heterocycles. The van der Waals surface area contributed by atoms with Gasteiger partial charge in [0.1, 0.15) is 11.5 Å². The molecule has 0 unspecified atom stereocenters. The second kappa shape index (κ2) is 8.03. The van der Waals surface area contributed by atoms with Gasteiger partial charge in [0.05, 0.1) is 33.8 Å². The van der Waals surface area contributed by atoms with Crippen molar-refractivity contribution in [3.63, 3.8) is 0 Å². The Morgan fingerprint density at radius 1 is 1.14 bits per heavy atom. The summed E-state index contributed by atoms with van der Waals surface area (Å²) in [7, 11) is 1.09. The van der Waals surface area contributed by atoms with Gasteiger partial charge in [0.15, 0.2) is 5.75 Å². The van der Waals surface area contributed by atoms with Crippen LogP contribution >= 0.6 is 0 Å². The molecule has 3 heterocycles. The molecule has 7 nitrogen and oxygen atoms in total. The molecular formula is C25H28BF2N3O4. The number of imidazole rings is 1. The highest BCUT2D eigenvalue weighted by molar-refractivity contribution is 6.62. The van der Waals surface area contributed by atoms with Crippen LogP contribution in [0.3, 0.4) is 0 Å². The number of hydrogen-bond donors (Lipinski definition) is 0. The van der Waals surface area contributed by atoms with E-state index in [9.17, 15) is 13.6 Å². The number of carbonyl (C=O) groups excluding carboxylic acids is 1. The van der Waals surface area contributed by atoms with Gasteiger partial charge in [-0.3, -0.25) is 9.36 Å². The first-order chi connectivity index (χ1) is 16.4. The fraction of sp³-hybridized carbons (Fsp3) is 0.440. The lowest BCUT2D eigenvalue weighted by atomic mass is 9.79. The van der Waals surface area contributed by atoms with Crippen LogP contribution in [0.15, 0.2) is 36.4 Å². The monoisotopic (exact) mass is 483 g/mol. The van der Waals surface area contributed by atoms with Gasteiger partial charge in [-0.05, 0) is 63.8 Å². The number of aromatic nitrogens is 2. The highest BCUT2D eigenvalue weighted by atomic mass is 19.3. The van der Waals surface area contributed by atoms with E-state index in [0.717, 1.165) is 5.46 Å². The molecule has 0 bridgehead atoms. The predicted octanol–water partition coefficient (Wildman–Crippen LogP) is 4.46. The number of hydrogen-bond acceptors (Lipinski definition) is 5. The number of ether oxygens (including phenoxy) is 1. The molecule has 35 heavy (non-hydrogen) atoms. The van der Waals surface area contributed by atoms with E-state index < -0.39 is 24.9 Å². The lowest BCUT2D eigenvalue weighted by Crippen LogP contribution is -2.41. The fourth-order valence-corrected chi connectivity index (χ4v) is 4.77. The Morgan fingerprint density at radius 2 is 1.83 bits per heavy atom. The Bertz CT molecular complexity index is 1310. The zero-order valence-corrected chi connectivity index (χ0v) is 20.6. The highest BCUT2D eigenvalue weighted by Gasteiger charge is 2.51. The maximum atomic E-state index is 13.4. The molecular weight excluding hydrogens is 455 g/mol. The van der Waals surface area contributed by atoms with Gasteiger partial charge in [-0.2, -0.15) is 8.78 Å². The van der Waals surface area contributed by atoms with Crippen molar-refractivity contribution in [2.75, 3.05) is 7.05 Å². The minimum Gasteiger partial charge on any atom is -0.433 e. The second-order valence-corrected chi connectivity index (χ2v) is 10.0. The second-order valence-electron chi connectivity index (χ2n) is 10.0. The Balaban J connectivity index is 1.77. The van der Waals surface area contributed by atoms with Crippen molar-refractivity contribution in [1.82, 2.24) is 14.5 Å². The van der Waals surface area contributed by atoms with Gasteiger partial charge in [-0.1, -0.05) is 19.1 Å². The standard InChI is InChI=1S/C25H28BF2N3O4/c1-7-17-21-29-16-12-11-14(26-34-24(2,3)25(4,5)35-26)13-18(16)31(21)20-15(22(32)30(17)6)9-8-10-19(20)33-23(27)28/h8-13,17,23H,7H2,1-6H3/t17-/m1/s1. The smallest absolute Gasteiger partial charge is 0.433 e. The number of fused-ring (bicyclic) bond motifs is 5. The topological polar surface area (TPSA) is 65.8 Å². The molecule has 3 aromatic rings. The van der Waals surface area contributed by atoms with Gasteiger partial charge in [0.25, 0.3) is 5.91 Å². The van der Waals surface area contributed by atoms with Crippen molar-refractivity contribution in [3.05, 3.63) is 47.8 Å². The molecule has 0 N–H and O–H groups in total. The molecule has 184 valence electrons. The Morgan fingerprint density at radius 3 is 2.46 bits per heavy atom. The van der Waals surface area contributed by atoms with E-state index >= 15 is 0 Å². The van der Waals surface area contributed by atoms with Crippen LogP contribution in [-0.2, 0) is 9.31 Å². The zero-order chi connectivity index (χ0) is 25.3. The minimum atomic E-state index is -3.04. The summed E-state index contributed by atoms with van der Waals surface area (Å²) < 4.78 is 45.8. The molecule has 1 amide bonds. The summed E-state index contributed by atoms with van der Waals surface area (Å²) in [5.41, 5.74) is 1.57. The summed E-state index contributed by atoms with van der Waals surface area (Å²) in [6.07, 6.45) is 0.592. The van der Waals surface area contributed by atoms with Crippen LogP contribution < -0.4 is 10.2 Å². The van der Waals surface area contributed by atoms with Gasteiger partial charge in [0, 0.05) is 7.05 Å². The SMILES string of the molecule is CC[C@@H]1c2nc3ccc(B4OC(C)(C)C(C)(C)O4)cc3n2-c2c(OC(F)F)cccc2C(=O)N1C. The molecule has 2 aliphatic heterocycles. The maximum absolute atomic E-state index is 13.4. The van der Waals surface area contributed by atoms with Crippen LogP contribution in [0.5, 0.6) is 5.75 Å². The van der Waals surface area contributed by atoms with Crippen LogP contribution in [0.2, 0.25) is 0 Å². The molecule has 1 atom stereocenters. The number of carbonyl (C=O) groups is 1. The first kappa shape index (κ1) is 23.8. The molecule has 10 heteroatoms. The van der Waals surface area contributed by atoms with E-state index in [0.29, 0.717) is 23.3 Å². The molecule has 5 rings (SSSR count). The number of alkyl halides is 2. The van der Waals surface area contributed by atoms with E-state index in [-0.39, 0.29) is 28.9 Å². The van der Waals surface area contributed by atoms with Gasteiger partial charge < -0.3 is 18.9 Å². The van der Waals surface area contributed by atoms with Gasteiger partial charge in [-0.15, -0.1) is 0 Å². The van der Waals surface area contributed by atoms with Gasteiger partial charge in [0.2, 0.25) is 0 Å². The fourth-order valence-electron chi connectivity index (χ4n) is 4.77. The third kappa shape index (κ3) is 3.62. The van der Waals surface area contributed by atoms with Gasteiger partial charge >= 0.3 is 13.7 Å². The number of rotatable bonds is 4. The van der Waals surface area contributed by atoms with Crippen molar-refractivity contribution in [3.8, 4) is 11.4 Å². The Labute approximate surface area is 203 Å². The van der Waals surface area contributed by atoms with Crippen LogP contribution in [0.25, 0.3) is 16.7 Å². The summed E-state index contributed by atoms with van der Waals surface area (Å²) >= 11 is 0. The summed E-state index contributed by atoms with van der Waals surface area (Å²) in [5.74, 6) is 0.207. The average molecular weight is 483 g/mol. The first-order valence-electron chi connectivity index (χ1n) is 11.7. The Kier molecular flexibility index (Phi) is 5.45. The summed E-state index contributed by atoms with van der Waals surface area (Å²) in [6, 6.07) is 9.90. The van der Waals surface area contributed by atoms with Gasteiger partial charge in [-0.25, -0.2) is 4.98 Å². The minimum absolute atomic E-state index is 0.0856. The maximum Gasteiger partial charge on any atom is 0.494 e. The molecule has 1 fully saturated rings. The van der Waals surface area contributed by atoms with Crippen LogP contribution in [0.1, 0.15) is 63.3 Å². The van der Waals surface area contributed by atoms with Crippen LogP contribution in [0, 0.1) is 0 Å². The molecule has 0 spiro atoms. The third-order valence-corrected chi connectivity index (χ3v) is 7.37. The van der Waals surface area contributed by atoms with Crippen LogP contribution in [0.4, 0.5) is 8.78 Å². The van der Waals surface area contributed by atoms with E-state index in [2.05, 4.69) is 0 Å². The van der Waals surface area contributed by atoms with E-state index in [1.165, 1.54) is 6.07 Å². The summed E-state index contributed by atoms with van der Waals surface area (Å²) in [4.78, 5) is 19.8. The van der Waals surface area contributed by atoms with Crippen LogP contribution in [-0.4, -0.2) is 52.3 Å². The number of halogens is 2. The third-order valence-electron chi connectivity index (χ3n) is 7.37. The number of amides is 1. The lowest BCUT2D eigenvalue weighted by Gasteiger charge is -2.32. The van der Waals surface area contributed by atoms with E-state index in [4.69, 9.17) is 19.0 Å². The number of nitrogens with zero attached hydrogens (tertiary/aromatic N) is 3. The summed E-state index contributed by atoms with van der Waals surface area (Å²) in [6.45, 7) is 6.84. The lowest BCUT2D eigenvalue weighted by molar-refractivity contribution is -0.0498. The zero-order valence-electron chi connectivity index (χ0n) is 20.6. The van der Waals surface area contributed by atoms with Crippen molar-refractivity contribution in [1.29, 1.82) is 0 Å². The molecule has 2 aromatic carbocycles. The average Bonchev–Trinajstić information content (AvgIpc) is 3.22. The quantitative estimate of drug-likeness (QED) is 0.513. The molecule has 0 saturated carbocycles. The normalized spacial score (nSPS) is 20.8. The number of para-hydroxylation sites is 1. The molecule has 0 radical (unpaired) electrons. The first-order valence-corrected chi connectivity index (χ1v) is 11.7. The summed E-state index contributed by atoms with van der Waals surface area (Å²) in [5, 5.41) is 0. The molecule has 2 aliphatic rings. The number of benzene rings is 2. The Hall–Kier alpha value is -2.98. The van der Waals surface area contributed by atoms with Crippen molar-refractivity contribution >= 4 is 29.5 Å². The predicted molar refractivity (Wildman–Crippen MR) is 129 cm³/mol. The van der Waals surface area contributed by atoms with Crippen molar-refractivity contribution in [2.45, 2.75) is 64.9 Å². The van der Waals surface area contributed by atoms with E-state index in [1.54, 1.807) is 28.6 Å².